The number of nitrogens with zero attached hydrogens (tertiary/aromatic N) is 5. The molecular weight excluding hydrogens is 735 g/mol. The number of benzene rings is 7. The first-order chi connectivity index (χ1) is 29.7. The summed E-state index contributed by atoms with van der Waals surface area (Å²) in [6, 6.07) is 64.0. The van der Waals surface area contributed by atoms with Gasteiger partial charge in [-0.3, -0.25) is 9.97 Å². The number of hydrogen-bond acceptors (Lipinski definition) is 4. The minimum atomic E-state index is -0.782. The third-order valence-electron chi connectivity index (χ3n) is 12.7. The molecular formula is C54H31N5O. The fourth-order valence-corrected chi connectivity index (χ4v) is 10.2. The molecule has 11 aromatic rings. The summed E-state index contributed by atoms with van der Waals surface area (Å²) in [6.07, 6.45) is 3.98. The zero-order valence-electron chi connectivity index (χ0n) is 32.0. The Kier molecular flexibility index (Phi) is 6.62. The molecule has 60 heavy (non-hydrogen) atoms. The van der Waals surface area contributed by atoms with Gasteiger partial charge in [0.1, 0.15) is 11.5 Å². The van der Waals surface area contributed by atoms with Crippen molar-refractivity contribution in [2.45, 2.75) is 5.41 Å². The summed E-state index contributed by atoms with van der Waals surface area (Å²) in [5.74, 6) is 1.62. The van der Waals surface area contributed by atoms with Crippen molar-refractivity contribution in [2.75, 3.05) is 0 Å². The van der Waals surface area contributed by atoms with Crippen LogP contribution in [-0.4, -0.2) is 19.1 Å². The molecule has 1 spiro atoms. The molecule has 0 unspecified atom stereocenters. The van der Waals surface area contributed by atoms with Crippen LogP contribution in [0.4, 0.5) is 0 Å². The molecule has 278 valence electrons. The monoisotopic (exact) mass is 765 g/mol. The van der Waals surface area contributed by atoms with Crippen molar-refractivity contribution in [2.24, 2.45) is 0 Å². The Morgan fingerprint density at radius 2 is 0.983 bits per heavy atom. The second kappa shape index (κ2) is 12.1. The van der Waals surface area contributed by atoms with Gasteiger partial charge in [0.2, 0.25) is 0 Å². The second-order valence-corrected chi connectivity index (χ2v) is 15.7. The van der Waals surface area contributed by atoms with E-state index in [-0.39, 0.29) is 0 Å². The molecule has 0 amide bonds. The van der Waals surface area contributed by atoms with E-state index >= 15 is 0 Å². The fourth-order valence-electron chi connectivity index (χ4n) is 10.2. The van der Waals surface area contributed by atoms with Gasteiger partial charge in [-0.15, -0.1) is 0 Å². The van der Waals surface area contributed by atoms with Crippen molar-refractivity contribution in [3.8, 4) is 51.5 Å². The summed E-state index contributed by atoms with van der Waals surface area (Å²) >= 11 is 0. The SMILES string of the molecule is N#Cc1ccc2c(c1)c1cc(-c3cnc4c(c3)C3(c5ccccc5Oc5ccccc53)c3cc(-n5c6ccccc6c6ccccc65)cnc3-4)ccc1n2-c1ccccc1. The minimum Gasteiger partial charge on any atom is -0.457 e. The molecule has 4 aromatic heterocycles. The Morgan fingerprint density at radius 3 is 1.68 bits per heavy atom. The largest absolute Gasteiger partial charge is 0.457 e. The summed E-state index contributed by atoms with van der Waals surface area (Å²) in [6.45, 7) is 0. The fraction of sp³-hybridized carbons (Fsp3) is 0.0185. The van der Waals surface area contributed by atoms with Gasteiger partial charge >= 0.3 is 0 Å². The topological polar surface area (TPSA) is 68.7 Å². The number of ether oxygens (including phenoxy) is 1. The first kappa shape index (κ1) is 32.8. The standard InChI is InChI=1S/C54H31N5O/c55-30-33-22-24-48-40(26-33)41-27-34(23-25-49(41)58(48)36-12-2-1-3-13-36)35-28-44-52(56-31-35)53-45(54(44)42-16-6-10-20-50(42)60-51-21-11-7-17-43(51)54)29-37(32-57-53)59-46-18-8-4-14-38(46)39-15-5-9-19-47(39)59/h1-29,31-32H. The number of fused-ring (bicyclic) bond motifs is 15. The van der Waals surface area contributed by atoms with Crippen LogP contribution >= 0.6 is 0 Å². The number of pyridine rings is 2. The molecule has 0 atom stereocenters. The van der Waals surface area contributed by atoms with Gasteiger partial charge in [0, 0.05) is 61.2 Å². The lowest BCUT2D eigenvalue weighted by Gasteiger charge is -2.39. The van der Waals surface area contributed by atoms with Crippen molar-refractivity contribution in [1.29, 1.82) is 5.26 Å². The van der Waals surface area contributed by atoms with Crippen LogP contribution in [0.3, 0.4) is 0 Å². The van der Waals surface area contributed by atoms with Crippen LogP contribution in [0.25, 0.3) is 77.5 Å². The van der Waals surface area contributed by atoms with Gasteiger partial charge in [0.05, 0.1) is 62.4 Å². The molecule has 0 saturated heterocycles. The third kappa shape index (κ3) is 4.30. The number of para-hydroxylation sites is 5. The normalized spacial score (nSPS) is 13.2. The highest BCUT2D eigenvalue weighted by atomic mass is 16.5. The molecule has 6 nitrogen and oxygen atoms in total. The number of nitriles is 1. The lowest BCUT2D eigenvalue weighted by Crippen LogP contribution is -2.32. The Hall–Kier alpha value is -8.27. The third-order valence-corrected chi connectivity index (χ3v) is 12.7. The van der Waals surface area contributed by atoms with E-state index in [2.05, 4.69) is 161 Å². The van der Waals surface area contributed by atoms with E-state index in [1.807, 2.05) is 42.7 Å². The molecule has 0 radical (unpaired) electrons. The molecule has 0 fully saturated rings. The maximum absolute atomic E-state index is 9.93. The maximum Gasteiger partial charge on any atom is 0.132 e. The number of aromatic nitrogens is 4. The van der Waals surface area contributed by atoms with E-state index in [1.165, 1.54) is 10.8 Å². The molecule has 1 aliphatic heterocycles. The van der Waals surface area contributed by atoms with Crippen LogP contribution in [0.2, 0.25) is 0 Å². The molecule has 13 rings (SSSR count). The predicted octanol–water partition coefficient (Wildman–Crippen LogP) is 12.7. The Bertz CT molecular complexity index is 3570. The average Bonchev–Trinajstić information content (AvgIpc) is 3.92. The highest BCUT2D eigenvalue weighted by Crippen LogP contribution is 2.62. The van der Waals surface area contributed by atoms with Crippen LogP contribution in [0.1, 0.15) is 27.8 Å². The van der Waals surface area contributed by atoms with Crippen molar-refractivity contribution in [1.82, 2.24) is 19.1 Å². The summed E-state index contributed by atoms with van der Waals surface area (Å²) in [7, 11) is 0. The molecule has 0 bridgehead atoms. The Labute approximate surface area is 344 Å². The van der Waals surface area contributed by atoms with Crippen LogP contribution < -0.4 is 4.74 Å². The van der Waals surface area contributed by atoms with Gasteiger partial charge in [-0.25, -0.2) is 0 Å². The van der Waals surface area contributed by atoms with Crippen LogP contribution in [0, 0.1) is 11.3 Å². The molecule has 0 N–H and O–H groups in total. The highest BCUT2D eigenvalue weighted by Gasteiger charge is 2.52. The number of hydrogen-bond donors (Lipinski definition) is 0. The van der Waals surface area contributed by atoms with Crippen molar-refractivity contribution in [3.63, 3.8) is 0 Å². The lowest BCUT2D eigenvalue weighted by atomic mass is 9.66. The van der Waals surface area contributed by atoms with Gasteiger partial charge < -0.3 is 13.9 Å². The van der Waals surface area contributed by atoms with Crippen molar-refractivity contribution in [3.05, 3.63) is 216 Å². The van der Waals surface area contributed by atoms with Gasteiger partial charge in [-0.1, -0.05) is 97.1 Å². The molecule has 1 aliphatic carbocycles. The molecule has 0 saturated carbocycles. The van der Waals surface area contributed by atoms with E-state index in [4.69, 9.17) is 14.7 Å². The molecule has 2 aliphatic rings. The minimum absolute atomic E-state index is 0.628. The van der Waals surface area contributed by atoms with Gasteiger partial charge in [0.15, 0.2) is 0 Å². The number of rotatable bonds is 3. The molecule has 6 heteroatoms. The summed E-state index contributed by atoms with van der Waals surface area (Å²) in [5, 5.41) is 14.4. The predicted molar refractivity (Wildman–Crippen MR) is 238 cm³/mol. The second-order valence-electron chi connectivity index (χ2n) is 15.7. The summed E-state index contributed by atoms with van der Waals surface area (Å²) in [5.41, 5.74) is 14.2. The van der Waals surface area contributed by atoms with Gasteiger partial charge in [-0.05, 0) is 84.4 Å². The van der Waals surface area contributed by atoms with Crippen molar-refractivity contribution >= 4 is 43.6 Å². The van der Waals surface area contributed by atoms with E-state index in [0.717, 1.165) is 100 Å². The van der Waals surface area contributed by atoms with Crippen LogP contribution in [-0.2, 0) is 5.41 Å². The van der Waals surface area contributed by atoms with E-state index in [0.29, 0.717) is 5.56 Å². The highest BCUT2D eigenvalue weighted by molar-refractivity contribution is 6.11. The Balaban J connectivity index is 1.08. The van der Waals surface area contributed by atoms with Gasteiger partial charge in [0.25, 0.3) is 0 Å². The molecule has 5 heterocycles. The first-order valence-electron chi connectivity index (χ1n) is 20.1. The lowest BCUT2D eigenvalue weighted by molar-refractivity contribution is 0.436. The first-order valence-corrected chi connectivity index (χ1v) is 20.1. The summed E-state index contributed by atoms with van der Waals surface area (Å²) in [4.78, 5) is 10.7. The van der Waals surface area contributed by atoms with Crippen LogP contribution in [0.15, 0.2) is 188 Å². The molecule has 7 aromatic carbocycles. The quantitative estimate of drug-likeness (QED) is 0.180. The average molecular weight is 766 g/mol. The smallest absolute Gasteiger partial charge is 0.132 e. The maximum atomic E-state index is 9.93. The van der Waals surface area contributed by atoms with Gasteiger partial charge in [-0.2, -0.15) is 5.26 Å². The van der Waals surface area contributed by atoms with E-state index < -0.39 is 5.41 Å². The zero-order chi connectivity index (χ0) is 39.5. The van der Waals surface area contributed by atoms with Crippen molar-refractivity contribution < 1.29 is 4.74 Å². The van der Waals surface area contributed by atoms with E-state index in [9.17, 15) is 5.26 Å². The van der Waals surface area contributed by atoms with Crippen LogP contribution in [0.5, 0.6) is 11.5 Å². The Morgan fingerprint density at radius 1 is 0.433 bits per heavy atom. The van der Waals surface area contributed by atoms with E-state index in [1.54, 1.807) is 0 Å². The summed E-state index contributed by atoms with van der Waals surface area (Å²) < 4.78 is 11.3. The zero-order valence-corrected chi connectivity index (χ0v) is 32.0.